The standard InChI is InChI=1S/C20H24N2O6S/c1-14(19(23)22(2)15-9-11-29(25,26)13-15)28-20(24)17-7-3-4-8-18(17)21-12-16-6-5-10-27-16/h3-8,10,14-15,21H,9,11-13H2,1-2H3/t14-,15+/m0/s1. The first kappa shape index (κ1) is 20.9. The van der Waals surface area contributed by atoms with E-state index < -0.39 is 33.9 Å². The number of para-hydroxylation sites is 1. The minimum atomic E-state index is -3.11. The van der Waals surface area contributed by atoms with Gasteiger partial charge in [-0.05, 0) is 37.6 Å². The number of rotatable bonds is 7. The van der Waals surface area contributed by atoms with Crippen molar-refractivity contribution in [2.45, 2.75) is 32.0 Å². The SMILES string of the molecule is C[C@H](OC(=O)c1ccccc1NCc1ccco1)C(=O)N(C)[C@@H]1CCS(=O)(=O)C1. The van der Waals surface area contributed by atoms with Crippen LogP contribution in [0, 0.1) is 0 Å². The van der Waals surface area contributed by atoms with Crippen LogP contribution in [-0.4, -0.2) is 55.9 Å². The number of hydrogen-bond donors (Lipinski definition) is 1. The van der Waals surface area contributed by atoms with Gasteiger partial charge in [-0.25, -0.2) is 13.2 Å². The third-order valence-electron chi connectivity index (χ3n) is 4.92. The Morgan fingerprint density at radius 1 is 1.28 bits per heavy atom. The molecule has 1 aliphatic rings. The number of hydrogen-bond acceptors (Lipinski definition) is 7. The molecule has 3 rings (SSSR count). The molecule has 0 spiro atoms. The number of ether oxygens (including phenoxy) is 1. The zero-order valence-electron chi connectivity index (χ0n) is 16.3. The van der Waals surface area contributed by atoms with Gasteiger partial charge in [-0.2, -0.15) is 0 Å². The molecule has 2 heterocycles. The fraction of sp³-hybridized carbons (Fsp3) is 0.400. The molecule has 2 atom stereocenters. The topological polar surface area (TPSA) is 106 Å². The highest BCUT2D eigenvalue weighted by Crippen LogP contribution is 2.20. The molecule has 1 amide bonds. The summed E-state index contributed by atoms with van der Waals surface area (Å²) in [6.45, 7) is 1.88. The number of likely N-dealkylation sites (N-methyl/N-ethyl adjacent to an activating group) is 1. The zero-order chi connectivity index (χ0) is 21.0. The van der Waals surface area contributed by atoms with E-state index in [-0.39, 0.29) is 11.5 Å². The first-order valence-corrected chi connectivity index (χ1v) is 11.1. The van der Waals surface area contributed by atoms with Crippen LogP contribution in [0.1, 0.15) is 29.5 Å². The summed E-state index contributed by atoms with van der Waals surface area (Å²) in [5, 5.41) is 3.12. The maximum atomic E-state index is 12.6. The lowest BCUT2D eigenvalue weighted by Crippen LogP contribution is -2.44. The molecule has 1 aliphatic heterocycles. The van der Waals surface area contributed by atoms with Crippen molar-refractivity contribution in [2.24, 2.45) is 0 Å². The van der Waals surface area contributed by atoms with Crippen molar-refractivity contribution in [3.8, 4) is 0 Å². The quantitative estimate of drug-likeness (QED) is 0.684. The summed E-state index contributed by atoms with van der Waals surface area (Å²) in [6.07, 6.45) is 0.926. The average Bonchev–Trinajstić information content (AvgIpc) is 3.34. The molecule has 0 saturated carbocycles. The van der Waals surface area contributed by atoms with Crippen molar-refractivity contribution < 1.29 is 27.2 Å². The van der Waals surface area contributed by atoms with Gasteiger partial charge in [-0.3, -0.25) is 4.79 Å². The van der Waals surface area contributed by atoms with Crippen LogP contribution in [0.2, 0.25) is 0 Å². The lowest BCUT2D eigenvalue weighted by molar-refractivity contribution is -0.140. The highest BCUT2D eigenvalue weighted by atomic mass is 32.2. The monoisotopic (exact) mass is 420 g/mol. The van der Waals surface area contributed by atoms with E-state index in [1.807, 2.05) is 6.07 Å². The number of sulfone groups is 1. The van der Waals surface area contributed by atoms with Gasteiger partial charge < -0.3 is 19.4 Å². The normalized spacial score (nSPS) is 18.8. The molecule has 0 aliphatic carbocycles. The largest absolute Gasteiger partial charge is 0.467 e. The second-order valence-electron chi connectivity index (χ2n) is 7.03. The maximum Gasteiger partial charge on any atom is 0.341 e. The summed E-state index contributed by atoms with van der Waals surface area (Å²) in [7, 11) is -1.58. The minimum Gasteiger partial charge on any atom is -0.467 e. The number of furan rings is 1. The van der Waals surface area contributed by atoms with Crippen molar-refractivity contribution in [2.75, 3.05) is 23.9 Å². The number of amides is 1. The Bertz CT molecular complexity index is 971. The molecule has 1 aromatic heterocycles. The Labute approximate surface area is 169 Å². The van der Waals surface area contributed by atoms with Crippen LogP contribution in [0.5, 0.6) is 0 Å². The molecule has 29 heavy (non-hydrogen) atoms. The second-order valence-corrected chi connectivity index (χ2v) is 9.26. The first-order valence-electron chi connectivity index (χ1n) is 9.30. The maximum absolute atomic E-state index is 12.6. The molecule has 1 fully saturated rings. The van der Waals surface area contributed by atoms with Crippen LogP contribution < -0.4 is 5.32 Å². The molecular formula is C20H24N2O6S. The fourth-order valence-electron chi connectivity index (χ4n) is 3.23. The predicted molar refractivity (Wildman–Crippen MR) is 107 cm³/mol. The molecule has 8 nitrogen and oxygen atoms in total. The Kier molecular flexibility index (Phi) is 6.26. The van der Waals surface area contributed by atoms with Crippen LogP contribution in [-0.2, 0) is 25.9 Å². The van der Waals surface area contributed by atoms with Crippen molar-refractivity contribution in [1.29, 1.82) is 0 Å². The van der Waals surface area contributed by atoms with Crippen LogP contribution in [0.25, 0.3) is 0 Å². The van der Waals surface area contributed by atoms with Crippen LogP contribution in [0.3, 0.4) is 0 Å². The lowest BCUT2D eigenvalue weighted by atomic mass is 10.1. The molecular weight excluding hydrogens is 396 g/mol. The van der Waals surface area contributed by atoms with Crippen molar-refractivity contribution in [3.63, 3.8) is 0 Å². The van der Waals surface area contributed by atoms with Gasteiger partial charge in [0, 0.05) is 18.8 Å². The first-order chi connectivity index (χ1) is 13.8. The number of anilines is 1. The molecule has 1 aromatic carbocycles. The molecule has 0 unspecified atom stereocenters. The van der Waals surface area contributed by atoms with Crippen molar-refractivity contribution >= 4 is 27.4 Å². The fourth-order valence-corrected chi connectivity index (χ4v) is 5.01. The lowest BCUT2D eigenvalue weighted by Gasteiger charge is -2.26. The summed E-state index contributed by atoms with van der Waals surface area (Å²) >= 11 is 0. The summed E-state index contributed by atoms with van der Waals surface area (Å²) in [5.41, 5.74) is 0.855. The summed E-state index contributed by atoms with van der Waals surface area (Å²) in [5.74, 6) is -0.347. The van der Waals surface area contributed by atoms with E-state index in [0.29, 0.717) is 30.0 Å². The number of esters is 1. The zero-order valence-corrected chi connectivity index (χ0v) is 17.1. The smallest absolute Gasteiger partial charge is 0.341 e. The van der Waals surface area contributed by atoms with Gasteiger partial charge in [-0.15, -0.1) is 0 Å². The summed E-state index contributed by atoms with van der Waals surface area (Å²) in [4.78, 5) is 26.6. The van der Waals surface area contributed by atoms with Gasteiger partial charge >= 0.3 is 5.97 Å². The number of nitrogens with one attached hydrogen (secondary N) is 1. The molecule has 2 aromatic rings. The van der Waals surface area contributed by atoms with Crippen LogP contribution in [0.4, 0.5) is 5.69 Å². The van der Waals surface area contributed by atoms with Gasteiger partial charge in [0.2, 0.25) is 0 Å². The van der Waals surface area contributed by atoms with Crippen molar-refractivity contribution in [3.05, 3.63) is 54.0 Å². The molecule has 1 N–H and O–H groups in total. The number of carbonyl (C=O) groups excluding carboxylic acids is 2. The van der Waals surface area contributed by atoms with Gasteiger partial charge in [0.1, 0.15) is 5.76 Å². The molecule has 156 valence electrons. The third kappa shape index (κ3) is 5.17. The van der Waals surface area contributed by atoms with Gasteiger partial charge in [0.15, 0.2) is 15.9 Å². The van der Waals surface area contributed by atoms with E-state index in [0.717, 1.165) is 0 Å². The third-order valence-corrected chi connectivity index (χ3v) is 6.67. The van der Waals surface area contributed by atoms with E-state index >= 15 is 0 Å². The molecule has 9 heteroatoms. The number of benzene rings is 1. The van der Waals surface area contributed by atoms with Gasteiger partial charge in [-0.1, -0.05) is 12.1 Å². The van der Waals surface area contributed by atoms with Crippen LogP contribution >= 0.6 is 0 Å². The highest BCUT2D eigenvalue weighted by molar-refractivity contribution is 7.91. The Balaban J connectivity index is 1.62. The number of carbonyl (C=O) groups is 2. The minimum absolute atomic E-state index is 0.0601. The molecule has 0 bridgehead atoms. The van der Waals surface area contributed by atoms with E-state index in [1.165, 1.54) is 18.9 Å². The molecule has 0 radical (unpaired) electrons. The van der Waals surface area contributed by atoms with E-state index in [4.69, 9.17) is 9.15 Å². The molecule has 1 saturated heterocycles. The predicted octanol–water partition coefficient (Wildman–Crippen LogP) is 2.08. The summed E-state index contributed by atoms with van der Waals surface area (Å²) < 4.78 is 33.9. The van der Waals surface area contributed by atoms with Crippen LogP contribution in [0.15, 0.2) is 47.1 Å². The van der Waals surface area contributed by atoms with E-state index in [1.54, 1.807) is 36.6 Å². The van der Waals surface area contributed by atoms with Gasteiger partial charge in [0.25, 0.3) is 5.91 Å². The van der Waals surface area contributed by atoms with Gasteiger partial charge in [0.05, 0.1) is 29.9 Å². The second kappa shape index (κ2) is 8.69. The van der Waals surface area contributed by atoms with E-state index in [9.17, 15) is 18.0 Å². The number of nitrogens with zero attached hydrogens (tertiary/aromatic N) is 1. The average molecular weight is 420 g/mol. The Morgan fingerprint density at radius 3 is 2.69 bits per heavy atom. The Hall–Kier alpha value is -2.81. The highest BCUT2D eigenvalue weighted by Gasteiger charge is 2.35. The van der Waals surface area contributed by atoms with Crippen molar-refractivity contribution in [1.82, 2.24) is 4.90 Å². The van der Waals surface area contributed by atoms with E-state index in [2.05, 4.69) is 5.32 Å². The Morgan fingerprint density at radius 2 is 2.03 bits per heavy atom. The summed E-state index contributed by atoms with van der Waals surface area (Å²) in [6, 6.07) is 10.0.